The molecule has 0 aliphatic heterocycles. The van der Waals surface area contributed by atoms with Crippen LogP contribution in [-0.2, 0) is 18.4 Å². The Morgan fingerprint density at radius 3 is 2.32 bits per heavy atom. The number of hydrogen-bond acceptors (Lipinski definition) is 6. The number of amides is 1. The van der Waals surface area contributed by atoms with E-state index in [1.165, 1.54) is 0 Å². The van der Waals surface area contributed by atoms with E-state index in [2.05, 4.69) is 12.2 Å². The molecule has 0 aliphatic rings. The van der Waals surface area contributed by atoms with Gasteiger partial charge in [-0.3, -0.25) is 9.36 Å². The first kappa shape index (κ1) is 27.5. The van der Waals surface area contributed by atoms with Crippen LogP contribution in [0, 0.1) is 0 Å². The topological polar surface area (TPSA) is 108 Å². The van der Waals surface area contributed by atoms with Crippen molar-refractivity contribution in [2.24, 2.45) is 0 Å². The summed E-state index contributed by atoms with van der Waals surface area (Å²) in [5, 5.41) is 13.1. The van der Waals surface area contributed by atoms with Crippen LogP contribution < -0.4 is 10.2 Å². The normalized spacial score (nSPS) is 16.4. The molecule has 168 valence electrons. The number of unbranched alkanes of at least 4 members (excludes halogenated alkanes) is 4. The fourth-order valence-corrected chi connectivity index (χ4v) is 3.20. The third-order valence-electron chi connectivity index (χ3n) is 4.35. The average Bonchev–Trinajstić information content (AvgIpc) is 2.59. The molecule has 0 heterocycles. The lowest BCUT2D eigenvalue weighted by Gasteiger charge is -2.30. The van der Waals surface area contributed by atoms with Crippen molar-refractivity contribution >= 4 is 13.7 Å². The molecule has 0 aromatic carbocycles. The number of rotatable bonds is 17. The molecule has 0 rings (SSSR count). The Kier molecular flexibility index (Phi) is 14.2. The van der Waals surface area contributed by atoms with Gasteiger partial charge in [-0.05, 0) is 12.8 Å². The Labute approximate surface area is 170 Å². The van der Waals surface area contributed by atoms with Gasteiger partial charge in [0.15, 0.2) is 0 Å². The second kappa shape index (κ2) is 14.5. The van der Waals surface area contributed by atoms with Crippen molar-refractivity contribution in [2.75, 3.05) is 40.9 Å². The molecule has 1 amide bonds. The zero-order valence-electron chi connectivity index (χ0n) is 18.3. The molecule has 0 fully saturated rings. The molecule has 0 aliphatic carbocycles. The quantitative estimate of drug-likeness (QED) is 0.211. The first-order valence-electron chi connectivity index (χ1n) is 10.4. The molecule has 0 aromatic rings. The Bertz CT molecular complexity index is 470. The molecule has 3 atom stereocenters. The van der Waals surface area contributed by atoms with Crippen molar-refractivity contribution in [2.45, 2.75) is 77.4 Å². The van der Waals surface area contributed by atoms with Crippen molar-refractivity contribution in [3.8, 4) is 0 Å². The van der Waals surface area contributed by atoms with Gasteiger partial charge in [-0.2, -0.15) is 0 Å². The van der Waals surface area contributed by atoms with Gasteiger partial charge in [-0.15, -0.1) is 0 Å². The maximum Gasteiger partial charge on any atom is 0.268 e. The van der Waals surface area contributed by atoms with Crippen LogP contribution in [-0.4, -0.2) is 68.5 Å². The van der Waals surface area contributed by atoms with Gasteiger partial charge in [0, 0.05) is 6.42 Å². The Morgan fingerprint density at radius 2 is 1.75 bits per heavy atom. The number of nitrogens with zero attached hydrogens (tertiary/aromatic N) is 1. The summed E-state index contributed by atoms with van der Waals surface area (Å²) < 4.78 is 22.4. The van der Waals surface area contributed by atoms with E-state index in [1.54, 1.807) is 0 Å². The number of phosphoric acid groups is 1. The van der Waals surface area contributed by atoms with Crippen molar-refractivity contribution < 1.29 is 32.9 Å². The van der Waals surface area contributed by atoms with Crippen LogP contribution in [0.4, 0.5) is 0 Å². The van der Waals surface area contributed by atoms with Gasteiger partial charge in [0.2, 0.25) is 5.91 Å². The highest BCUT2D eigenvalue weighted by atomic mass is 31.2. The summed E-state index contributed by atoms with van der Waals surface area (Å²) in [7, 11) is 1.29. The second-order valence-electron chi connectivity index (χ2n) is 8.28. The van der Waals surface area contributed by atoms with Crippen LogP contribution in [0.25, 0.3) is 0 Å². The van der Waals surface area contributed by atoms with Crippen molar-refractivity contribution in [1.29, 1.82) is 0 Å². The van der Waals surface area contributed by atoms with E-state index >= 15 is 0 Å². The Morgan fingerprint density at radius 1 is 1.11 bits per heavy atom. The zero-order chi connectivity index (χ0) is 21.6. The molecule has 0 saturated heterocycles. The highest BCUT2D eigenvalue weighted by Crippen LogP contribution is 2.38. The predicted octanol–water partition coefficient (Wildman–Crippen LogP) is 2.20. The van der Waals surface area contributed by atoms with E-state index in [0.29, 0.717) is 23.9 Å². The van der Waals surface area contributed by atoms with Crippen molar-refractivity contribution in [3.63, 3.8) is 0 Å². The summed E-state index contributed by atoms with van der Waals surface area (Å²) in [6.07, 6.45) is 5.52. The maximum absolute atomic E-state index is 12.0. The zero-order valence-corrected chi connectivity index (χ0v) is 19.2. The molecule has 0 aromatic heterocycles. The standard InChI is InChI=1S/C19H41N2O6P/c1-6-8-10-11-12-18(22)17(20-19(23)13-9-7-2)16-27-28(24,25)26-15-14-21(3,4)5/h17-18,22H,6-16H2,1-5H3,(H-,20,23,24,25). The number of carbonyl (C=O) groups is 1. The van der Waals surface area contributed by atoms with E-state index in [-0.39, 0.29) is 19.1 Å². The molecule has 0 saturated carbocycles. The molecule has 0 spiro atoms. The van der Waals surface area contributed by atoms with Gasteiger partial charge in [-0.1, -0.05) is 46.0 Å². The number of carbonyl (C=O) groups excluding carboxylic acids is 1. The minimum absolute atomic E-state index is 0.0113. The predicted molar refractivity (Wildman–Crippen MR) is 109 cm³/mol. The SMILES string of the molecule is CCCCCCC(O)C(COP(=O)([O-])OCC[N+](C)(C)C)NC(=O)CCCC. The minimum atomic E-state index is -4.50. The number of aliphatic hydroxyl groups excluding tert-OH is 1. The van der Waals surface area contributed by atoms with Crippen LogP contribution in [0.5, 0.6) is 0 Å². The summed E-state index contributed by atoms with van der Waals surface area (Å²) >= 11 is 0. The minimum Gasteiger partial charge on any atom is -0.756 e. The van der Waals surface area contributed by atoms with E-state index < -0.39 is 20.0 Å². The number of phosphoric ester groups is 1. The molecule has 0 radical (unpaired) electrons. The third kappa shape index (κ3) is 15.4. The lowest BCUT2D eigenvalue weighted by molar-refractivity contribution is -0.870. The molecule has 28 heavy (non-hydrogen) atoms. The van der Waals surface area contributed by atoms with E-state index in [4.69, 9.17) is 9.05 Å². The first-order valence-corrected chi connectivity index (χ1v) is 11.8. The molecular formula is C19H41N2O6P. The van der Waals surface area contributed by atoms with Crippen LogP contribution in [0.3, 0.4) is 0 Å². The largest absolute Gasteiger partial charge is 0.756 e. The fraction of sp³-hybridized carbons (Fsp3) is 0.947. The number of aliphatic hydroxyl groups is 1. The van der Waals surface area contributed by atoms with Gasteiger partial charge in [0.1, 0.15) is 13.2 Å². The maximum atomic E-state index is 12.0. The molecule has 0 bridgehead atoms. The van der Waals surface area contributed by atoms with Gasteiger partial charge >= 0.3 is 0 Å². The van der Waals surface area contributed by atoms with Crippen LogP contribution in [0.1, 0.15) is 65.2 Å². The summed E-state index contributed by atoms with van der Waals surface area (Å²) in [5.41, 5.74) is 0. The summed E-state index contributed by atoms with van der Waals surface area (Å²) in [5.74, 6) is -0.213. The van der Waals surface area contributed by atoms with Gasteiger partial charge in [0.05, 0.1) is 39.9 Å². The number of hydrogen-bond donors (Lipinski definition) is 2. The fourth-order valence-electron chi connectivity index (χ4n) is 2.48. The number of nitrogens with one attached hydrogen (secondary N) is 1. The van der Waals surface area contributed by atoms with Crippen LogP contribution >= 0.6 is 7.82 Å². The molecule has 3 unspecified atom stereocenters. The highest BCUT2D eigenvalue weighted by Gasteiger charge is 2.24. The van der Waals surface area contributed by atoms with E-state index in [9.17, 15) is 19.4 Å². The lowest BCUT2D eigenvalue weighted by Crippen LogP contribution is -2.46. The monoisotopic (exact) mass is 424 g/mol. The van der Waals surface area contributed by atoms with Crippen LogP contribution in [0.15, 0.2) is 0 Å². The summed E-state index contributed by atoms with van der Waals surface area (Å²) in [4.78, 5) is 24.0. The smallest absolute Gasteiger partial charge is 0.268 e. The van der Waals surface area contributed by atoms with Crippen molar-refractivity contribution in [1.82, 2.24) is 5.32 Å². The number of likely N-dealkylation sites (N-methyl/N-ethyl adjacent to an activating group) is 1. The van der Waals surface area contributed by atoms with E-state index in [1.807, 2.05) is 28.1 Å². The molecular weight excluding hydrogens is 383 g/mol. The molecule has 9 heteroatoms. The Hall–Kier alpha value is -0.500. The Balaban J connectivity index is 4.66. The summed E-state index contributed by atoms with van der Waals surface area (Å²) in [6, 6.07) is -0.782. The molecule has 2 N–H and O–H groups in total. The van der Waals surface area contributed by atoms with Gasteiger partial charge < -0.3 is 28.8 Å². The first-order chi connectivity index (χ1) is 13.0. The van der Waals surface area contributed by atoms with Crippen LogP contribution in [0.2, 0.25) is 0 Å². The summed E-state index contributed by atoms with van der Waals surface area (Å²) in [6.45, 7) is 4.27. The molecule has 8 nitrogen and oxygen atoms in total. The third-order valence-corrected chi connectivity index (χ3v) is 5.31. The lowest BCUT2D eigenvalue weighted by atomic mass is 10.0. The second-order valence-corrected chi connectivity index (χ2v) is 9.70. The van der Waals surface area contributed by atoms with Gasteiger partial charge in [-0.25, -0.2) is 0 Å². The van der Waals surface area contributed by atoms with Crippen molar-refractivity contribution in [3.05, 3.63) is 0 Å². The van der Waals surface area contributed by atoms with Gasteiger partial charge in [0.25, 0.3) is 7.82 Å². The number of quaternary nitrogens is 1. The highest BCUT2D eigenvalue weighted by molar-refractivity contribution is 7.45. The average molecular weight is 425 g/mol. The van der Waals surface area contributed by atoms with E-state index in [0.717, 1.165) is 38.5 Å².